The summed E-state index contributed by atoms with van der Waals surface area (Å²) in [4.78, 5) is 11.6. The van der Waals surface area contributed by atoms with Crippen molar-refractivity contribution >= 4 is 5.78 Å². The van der Waals surface area contributed by atoms with Crippen molar-refractivity contribution < 1.29 is 4.79 Å². The zero-order valence-corrected chi connectivity index (χ0v) is 8.23. The largest absolute Gasteiger partial charge is 0.317 e. The topological polar surface area (TPSA) is 50.7 Å². The maximum atomic E-state index is 11.6. The molecule has 4 nitrogen and oxygen atoms in total. The van der Waals surface area contributed by atoms with Gasteiger partial charge in [-0.1, -0.05) is 0 Å². The average molecular weight is 201 g/mol. The highest BCUT2D eigenvalue weighted by Gasteiger charge is 2.20. The first kappa shape index (κ1) is 8.47. The van der Waals surface area contributed by atoms with Crippen LogP contribution in [-0.2, 0) is 6.42 Å². The van der Waals surface area contributed by atoms with Crippen molar-refractivity contribution in [3.63, 3.8) is 0 Å². The predicted octanol–water partition coefficient (Wildman–Crippen LogP) is 1.72. The summed E-state index contributed by atoms with van der Waals surface area (Å²) < 4.78 is 2.04. The van der Waals surface area contributed by atoms with Gasteiger partial charge in [0.15, 0.2) is 5.78 Å². The summed E-state index contributed by atoms with van der Waals surface area (Å²) in [6.07, 6.45) is 8.15. The van der Waals surface area contributed by atoms with Crippen LogP contribution in [0.5, 0.6) is 0 Å². The van der Waals surface area contributed by atoms with Crippen LogP contribution in [0.15, 0.2) is 24.7 Å². The summed E-state index contributed by atoms with van der Waals surface area (Å²) in [5.74, 6) is 0.262. The molecule has 15 heavy (non-hydrogen) atoms. The average Bonchev–Trinajstić information content (AvgIpc) is 2.85. The Labute approximate surface area is 86.9 Å². The van der Waals surface area contributed by atoms with E-state index in [9.17, 15) is 4.79 Å². The lowest BCUT2D eigenvalue weighted by Gasteiger charge is -2.13. The van der Waals surface area contributed by atoms with Crippen molar-refractivity contribution in [2.75, 3.05) is 0 Å². The maximum absolute atomic E-state index is 11.6. The Morgan fingerprint density at radius 3 is 3.13 bits per heavy atom. The van der Waals surface area contributed by atoms with Gasteiger partial charge in [-0.2, -0.15) is 5.10 Å². The van der Waals surface area contributed by atoms with Crippen molar-refractivity contribution in [3.05, 3.63) is 35.9 Å². The molecule has 0 amide bonds. The molecule has 0 spiro atoms. The minimum atomic E-state index is 0.262. The number of fused-ring (bicyclic) bond motifs is 1. The summed E-state index contributed by atoms with van der Waals surface area (Å²) >= 11 is 0. The van der Waals surface area contributed by atoms with Crippen LogP contribution in [0.4, 0.5) is 0 Å². The molecule has 0 unspecified atom stereocenters. The number of nitrogens with one attached hydrogen (secondary N) is 1. The van der Waals surface area contributed by atoms with E-state index in [1.54, 1.807) is 6.20 Å². The Morgan fingerprint density at radius 1 is 1.40 bits per heavy atom. The highest BCUT2D eigenvalue weighted by Crippen LogP contribution is 2.24. The summed E-state index contributed by atoms with van der Waals surface area (Å²) in [5.41, 5.74) is 2.99. The van der Waals surface area contributed by atoms with E-state index < -0.39 is 0 Å². The number of nitrogens with zero attached hydrogens (tertiary/aromatic N) is 2. The van der Waals surface area contributed by atoms with Gasteiger partial charge in [0, 0.05) is 30.1 Å². The Morgan fingerprint density at radius 2 is 2.33 bits per heavy atom. The van der Waals surface area contributed by atoms with Gasteiger partial charge in [-0.3, -0.25) is 9.89 Å². The number of H-pyrrole nitrogens is 1. The molecule has 0 bridgehead atoms. The van der Waals surface area contributed by atoms with Crippen LogP contribution in [0, 0.1) is 0 Å². The molecule has 0 radical (unpaired) electrons. The third-order valence-electron chi connectivity index (χ3n) is 2.87. The number of hydrogen-bond acceptors (Lipinski definition) is 2. The number of rotatable bonds is 1. The molecule has 76 valence electrons. The van der Waals surface area contributed by atoms with Gasteiger partial charge in [0.25, 0.3) is 0 Å². The predicted molar refractivity (Wildman–Crippen MR) is 55.2 cm³/mol. The van der Waals surface area contributed by atoms with Gasteiger partial charge in [0.1, 0.15) is 0 Å². The van der Waals surface area contributed by atoms with Crippen molar-refractivity contribution in [1.29, 1.82) is 0 Å². The highest BCUT2D eigenvalue weighted by molar-refractivity contribution is 5.98. The van der Waals surface area contributed by atoms with Crippen molar-refractivity contribution in [2.45, 2.75) is 19.3 Å². The second kappa shape index (κ2) is 3.08. The quantitative estimate of drug-likeness (QED) is 0.763. The van der Waals surface area contributed by atoms with Crippen LogP contribution >= 0.6 is 0 Å². The Balaban J connectivity index is 2.15. The van der Waals surface area contributed by atoms with Crippen LogP contribution in [0.2, 0.25) is 0 Å². The molecule has 1 aliphatic carbocycles. The fraction of sp³-hybridized carbons (Fsp3) is 0.273. The number of hydrogen-bond donors (Lipinski definition) is 1. The minimum Gasteiger partial charge on any atom is -0.317 e. The van der Waals surface area contributed by atoms with E-state index in [-0.39, 0.29) is 5.78 Å². The summed E-state index contributed by atoms with van der Waals surface area (Å²) in [7, 11) is 0. The van der Waals surface area contributed by atoms with Crippen LogP contribution < -0.4 is 0 Å². The second-order valence-corrected chi connectivity index (χ2v) is 3.78. The molecular formula is C11H11N3O. The summed E-state index contributed by atoms with van der Waals surface area (Å²) in [6.45, 7) is 0. The molecule has 0 fully saturated rings. The van der Waals surface area contributed by atoms with E-state index in [0.29, 0.717) is 6.42 Å². The molecule has 3 rings (SSSR count). The number of carbonyl (C=O) groups is 1. The van der Waals surface area contributed by atoms with Gasteiger partial charge in [-0.05, 0) is 18.9 Å². The number of Topliss-reactive ketones (excluding diaryl/α,β-unsaturated/α-hetero) is 1. The van der Waals surface area contributed by atoms with Gasteiger partial charge < -0.3 is 4.57 Å². The Hall–Kier alpha value is -1.84. The molecular weight excluding hydrogens is 190 g/mol. The molecule has 2 aromatic rings. The van der Waals surface area contributed by atoms with Crippen molar-refractivity contribution in [2.24, 2.45) is 0 Å². The van der Waals surface area contributed by atoms with Crippen LogP contribution in [0.1, 0.15) is 28.9 Å². The zero-order valence-electron chi connectivity index (χ0n) is 8.23. The van der Waals surface area contributed by atoms with E-state index in [1.807, 2.05) is 23.0 Å². The molecule has 2 aromatic heterocycles. The lowest BCUT2D eigenvalue weighted by Crippen LogP contribution is -2.11. The number of carbonyl (C=O) groups excluding carboxylic acids is 1. The monoisotopic (exact) mass is 201 g/mol. The standard InChI is InChI=1S/C11H11N3O/c15-11-3-1-2-10-9(11)4-5-14(10)8-6-12-13-7-8/h4-7H,1-3H2,(H,12,13). The maximum Gasteiger partial charge on any atom is 0.164 e. The molecule has 0 saturated carbocycles. The van der Waals surface area contributed by atoms with E-state index in [2.05, 4.69) is 10.2 Å². The second-order valence-electron chi connectivity index (χ2n) is 3.78. The molecule has 0 aliphatic heterocycles. The van der Waals surface area contributed by atoms with E-state index in [0.717, 1.165) is 29.8 Å². The lowest BCUT2D eigenvalue weighted by molar-refractivity contribution is 0.0972. The van der Waals surface area contributed by atoms with Gasteiger partial charge in [-0.15, -0.1) is 0 Å². The molecule has 0 saturated heterocycles. The van der Waals surface area contributed by atoms with E-state index in [4.69, 9.17) is 0 Å². The SMILES string of the molecule is O=C1CCCc2c1ccn2-c1cn[nH]c1. The van der Waals surface area contributed by atoms with E-state index >= 15 is 0 Å². The first-order chi connectivity index (χ1) is 7.36. The highest BCUT2D eigenvalue weighted by atomic mass is 16.1. The first-order valence-electron chi connectivity index (χ1n) is 5.09. The number of ketones is 1. The lowest BCUT2D eigenvalue weighted by atomic mass is 9.97. The molecule has 1 N–H and O–H groups in total. The van der Waals surface area contributed by atoms with Gasteiger partial charge in [0.05, 0.1) is 11.9 Å². The van der Waals surface area contributed by atoms with Gasteiger partial charge in [-0.25, -0.2) is 0 Å². The summed E-state index contributed by atoms with van der Waals surface area (Å²) in [5, 5.41) is 6.70. The first-order valence-corrected chi connectivity index (χ1v) is 5.09. The molecule has 4 heteroatoms. The van der Waals surface area contributed by atoms with Gasteiger partial charge in [0.2, 0.25) is 0 Å². The molecule has 1 aliphatic rings. The molecule has 0 atom stereocenters. The summed E-state index contributed by atoms with van der Waals surface area (Å²) in [6, 6.07) is 1.91. The third kappa shape index (κ3) is 1.21. The molecule has 2 heterocycles. The number of aromatic amines is 1. The van der Waals surface area contributed by atoms with Gasteiger partial charge >= 0.3 is 0 Å². The molecule has 0 aromatic carbocycles. The smallest absolute Gasteiger partial charge is 0.164 e. The van der Waals surface area contributed by atoms with Crippen LogP contribution in [0.25, 0.3) is 5.69 Å². The fourth-order valence-electron chi connectivity index (χ4n) is 2.14. The fourth-order valence-corrected chi connectivity index (χ4v) is 2.14. The van der Waals surface area contributed by atoms with E-state index in [1.165, 1.54) is 0 Å². The Bertz CT molecular complexity index is 496. The Kier molecular flexibility index (Phi) is 1.74. The minimum absolute atomic E-state index is 0.262. The van der Waals surface area contributed by atoms with Crippen molar-refractivity contribution in [3.8, 4) is 5.69 Å². The zero-order chi connectivity index (χ0) is 10.3. The third-order valence-corrected chi connectivity index (χ3v) is 2.87. The number of aromatic nitrogens is 3. The normalized spacial score (nSPS) is 15.3. The van der Waals surface area contributed by atoms with Crippen LogP contribution in [0.3, 0.4) is 0 Å². The van der Waals surface area contributed by atoms with Crippen molar-refractivity contribution in [1.82, 2.24) is 14.8 Å². The van der Waals surface area contributed by atoms with Crippen LogP contribution in [-0.4, -0.2) is 20.5 Å².